The topological polar surface area (TPSA) is 81.2 Å². The van der Waals surface area contributed by atoms with Gasteiger partial charge in [-0.05, 0) is 147 Å². The van der Waals surface area contributed by atoms with Gasteiger partial charge in [0.05, 0.1) is 30.4 Å². The molecule has 314 valence electrons. The summed E-state index contributed by atoms with van der Waals surface area (Å²) in [6.45, 7) is 24.8. The minimum Gasteiger partial charge on any atom is -0.371 e. The van der Waals surface area contributed by atoms with Crippen LogP contribution in [0, 0.1) is 0 Å². The van der Waals surface area contributed by atoms with Gasteiger partial charge in [-0.2, -0.15) is 0 Å². The molecule has 4 aromatic rings. The van der Waals surface area contributed by atoms with Crippen LogP contribution >= 0.6 is 83.6 Å². The fraction of sp³-hybridized carbons (Fsp3) is 0.632. The number of nitrogens with zero attached hydrogens (tertiary/aromatic N) is 2. The molecule has 2 aromatic heterocycles. The summed E-state index contributed by atoms with van der Waals surface area (Å²) >= 11 is 3.53. The average molecular weight is 954 g/mol. The summed E-state index contributed by atoms with van der Waals surface area (Å²) in [4.78, 5) is 10.2. The molecule has 56 heavy (non-hydrogen) atoms. The maximum atomic E-state index is 6.63. The number of fused-ring (bicyclic) bond motifs is 2. The molecule has 0 aliphatic carbocycles. The van der Waals surface area contributed by atoms with Gasteiger partial charge in [0.15, 0.2) is 0 Å². The highest BCUT2D eigenvalue weighted by atomic mass is 33.9. The Balaban J connectivity index is 1.42. The smallest absolute Gasteiger partial charge is 0.371 e. The third kappa shape index (κ3) is 16.4. The van der Waals surface area contributed by atoms with Crippen molar-refractivity contribution in [3.8, 4) is 0 Å². The predicted octanol–water partition coefficient (Wildman–Crippen LogP) is 14.2. The molecule has 2 heterocycles. The van der Waals surface area contributed by atoms with Crippen LogP contribution in [0.15, 0.2) is 48.5 Å². The second kappa shape index (κ2) is 24.2. The van der Waals surface area contributed by atoms with E-state index in [0.717, 1.165) is 32.6 Å². The van der Waals surface area contributed by atoms with Crippen molar-refractivity contribution in [1.29, 1.82) is 0 Å². The van der Waals surface area contributed by atoms with Crippen LogP contribution in [0.25, 0.3) is 20.4 Å². The molecule has 2 atom stereocenters. The summed E-state index contributed by atoms with van der Waals surface area (Å²) in [6.07, 6.45) is -0.0839. The Kier molecular flexibility index (Phi) is 21.3. The molecule has 0 N–H and O–H groups in total. The van der Waals surface area contributed by atoms with Gasteiger partial charge in [-0.25, -0.2) is 9.97 Å². The zero-order chi connectivity index (χ0) is 40.9. The van der Waals surface area contributed by atoms with Crippen molar-refractivity contribution < 1.29 is 26.6 Å². The predicted molar refractivity (Wildman–Crippen MR) is 258 cm³/mol. The van der Waals surface area contributed by atoms with Crippen LogP contribution in [0.5, 0.6) is 0 Å². The number of thiazole rings is 2. The molecule has 2 aromatic carbocycles. The molecular weight excluding hydrogens is 893 g/mol. The molecule has 0 saturated carbocycles. The summed E-state index contributed by atoms with van der Waals surface area (Å²) in [5.41, 5.74) is 2.07. The molecular formula is C38H60N2O6S8Si2. The Labute approximate surface area is 368 Å². The zero-order valence-corrected chi connectivity index (χ0v) is 43.2. The van der Waals surface area contributed by atoms with E-state index in [1.54, 1.807) is 42.3 Å². The fourth-order valence-corrected chi connectivity index (χ4v) is 28.2. The van der Waals surface area contributed by atoms with Crippen molar-refractivity contribution in [2.75, 3.05) is 11.5 Å². The van der Waals surface area contributed by atoms with E-state index < -0.39 is 17.6 Å². The standard InChI is InChI=1S/C38H60N2O6S8Si2/c1-25(2)41-55(42-26(3)4,43-27(5)6)23-31(37-39-33-17-13-15-19-35(33)49-37)21-47-51-53-54-52-48-22-32(38-40-34-18-14-16-20-36(34)50-38)24-56(44-28(7)8,45-29(9)10)46-30(11)12/h13-20,25-32H,21-24H2,1-12H3. The first-order valence-electron chi connectivity index (χ1n) is 19.3. The molecule has 0 spiro atoms. The van der Waals surface area contributed by atoms with Crippen LogP contribution in [0.4, 0.5) is 0 Å². The first-order valence-corrected chi connectivity index (χ1v) is 32.6. The number of para-hydroxylation sites is 2. The Morgan fingerprint density at radius 1 is 0.464 bits per heavy atom. The Bertz CT molecular complexity index is 1490. The first kappa shape index (κ1) is 49.2. The fourth-order valence-electron chi connectivity index (χ4n) is 6.06. The van der Waals surface area contributed by atoms with Gasteiger partial charge in [-0.15, -0.1) is 22.7 Å². The van der Waals surface area contributed by atoms with E-state index in [0.29, 0.717) is 12.1 Å². The third-order valence-electron chi connectivity index (χ3n) is 7.52. The first-order chi connectivity index (χ1) is 26.6. The van der Waals surface area contributed by atoms with Crippen LogP contribution in [0.1, 0.15) is 105 Å². The Morgan fingerprint density at radius 2 is 0.768 bits per heavy atom. The molecule has 0 bridgehead atoms. The van der Waals surface area contributed by atoms with E-state index >= 15 is 0 Å². The molecule has 0 radical (unpaired) electrons. The average Bonchev–Trinajstić information content (AvgIpc) is 3.71. The van der Waals surface area contributed by atoms with Gasteiger partial charge in [0, 0.05) is 72.1 Å². The molecule has 0 aliphatic heterocycles. The maximum Gasteiger partial charge on any atom is 0.502 e. The molecule has 0 saturated heterocycles. The molecule has 0 amide bonds. The summed E-state index contributed by atoms with van der Waals surface area (Å²) in [5, 5.41) is 2.21. The van der Waals surface area contributed by atoms with Crippen LogP contribution in [0.2, 0.25) is 12.1 Å². The van der Waals surface area contributed by atoms with Gasteiger partial charge in [-0.1, -0.05) is 45.9 Å². The van der Waals surface area contributed by atoms with E-state index in [9.17, 15) is 0 Å². The lowest BCUT2D eigenvalue weighted by atomic mass is 10.2. The SMILES string of the molecule is CC(C)O[Si](CC(CSSSSSSCC(C[Si](OC(C)C)(OC(C)C)OC(C)C)c1nc2ccccc2s1)c1nc2ccccc2s1)(OC(C)C)OC(C)C. The van der Waals surface area contributed by atoms with Gasteiger partial charge >= 0.3 is 17.6 Å². The van der Waals surface area contributed by atoms with Crippen molar-refractivity contribution in [2.24, 2.45) is 0 Å². The van der Waals surface area contributed by atoms with Crippen LogP contribution < -0.4 is 0 Å². The van der Waals surface area contributed by atoms with Gasteiger partial charge in [0.25, 0.3) is 0 Å². The minimum atomic E-state index is -3.06. The van der Waals surface area contributed by atoms with Crippen LogP contribution in [0.3, 0.4) is 0 Å². The second-order valence-electron chi connectivity index (χ2n) is 15.0. The van der Waals surface area contributed by atoms with E-state index in [2.05, 4.69) is 132 Å². The Morgan fingerprint density at radius 3 is 1.05 bits per heavy atom. The van der Waals surface area contributed by atoms with Crippen molar-refractivity contribution >= 4 is 122 Å². The molecule has 0 fully saturated rings. The number of aromatic nitrogens is 2. The number of hydrogen-bond donors (Lipinski definition) is 0. The summed E-state index contributed by atoms with van der Waals surface area (Å²) in [6, 6.07) is 18.1. The summed E-state index contributed by atoms with van der Waals surface area (Å²) in [5.74, 6) is 1.97. The van der Waals surface area contributed by atoms with Crippen molar-refractivity contribution in [3.63, 3.8) is 0 Å². The van der Waals surface area contributed by atoms with E-state index in [1.807, 2.05) is 41.2 Å². The normalized spacial score (nSPS) is 14.2. The highest BCUT2D eigenvalue weighted by Crippen LogP contribution is 2.54. The summed E-state index contributed by atoms with van der Waals surface area (Å²) < 4.78 is 42.2. The zero-order valence-electron chi connectivity index (χ0n) is 34.7. The molecule has 4 rings (SSSR count). The lowest BCUT2D eigenvalue weighted by Gasteiger charge is -2.36. The van der Waals surface area contributed by atoms with Gasteiger partial charge in [-0.3, -0.25) is 0 Å². The van der Waals surface area contributed by atoms with Crippen molar-refractivity contribution in [2.45, 2.75) is 144 Å². The molecule has 0 aliphatic rings. The molecule has 8 nitrogen and oxygen atoms in total. The molecule has 2 unspecified atom stereocenters. The highest BCUT2D eigenvalue weighted by Gasteiger charge is 2.48. The van der Waals surface area contributed by atoms with Gasteiger partial charge < -0.3 is 26.6 Å². The highest BCUT2D eigenvalue weighted by molar-refractivity contribution is 9.41. The van der Waals surface area contributed by atoms with Crippen molar-refractivity contribution in [1.82, 2.24) is 9.97 Å². The maximum absolute atomic E-state index is 6.63. The monoisotopic (exact) mass is 952 g/mol. The quantitative estimate of drug-likeness (QED) is 0.0323. The van der Waals surface area contributed by atoms with E-state index in [-0.39, 0.29) is 48.5 Å². The van der Waals surface area contributed by atoms with Crippen LogP contribution in [-0.4, -0.2) is 75.7 Å². The van der Waals surface area contributed by atoms with Gasteiger partial charge in [0.2, 0.25) is 0 Å². The third-order valence-corrected chi connectivity index (χ3v) is 28.0. The largest absolute Gasteiger partial charge is 0.502 e. The lowest BCUT2D eigenvalue weighted by molar-refractivity contribution is 0.00109. The van der Waals surface area contributed by atoms with E-state index in [4.69, 9.17) is 36.5 Å². The van der Waals surface area contributed by atoms with Crippen LogP contribution in [-0.2, 0) is 26.6 Å². The molecule has 18 heteroatoms. The van der Waals surface area contributed by atoms with E-state index in [1.165, 1.54) is 9.40 Å². The Hall–Kier alpha value is 0.514. The minimum absolute atomic E-state index is 0.0140. The number of benzene rings is 2. The van der Waals surface area contributed by atoms with Crippen molar-refractivity contribution in [3.05, 3.63) is 58.5 Å². The number of rotatable bonds is 27. The lowest BCUT2D eigenvalue weighted by Crippen LogP contribution is -2.51. The second-order valence-corrected chi connectivity index (χ2v) is 31.8. The van der Waals surface area contributed by atoms with Gasteiger partial charge in [0.1, 0.15) is 0 Å². The number of hydrogen-bond acceptors (Lipinski definition) is 16. The summed E-state index contributed by atoms with van der Waals surface area (Å²) in [7, 11) is 4.79.